The highest BCUT2D eigenvalue weighted by molar-refractivity contribution is 5.81. The quantitative estimate of drug-likeness (QED) is 0.762. The molecule has 1 aliphatic carbocycles. The number of benzene rings is 2. The summed E-state index contributed by atoms with van der Waals surface area (Å²) in [4.78, 5) is 7.33. The van der Waals surface area contributed by atoms with E-state index in [2.05, 4.69) is 52.5 Å². The van der Waals surface area contributed by atoms with Crippen LogP contribution in [0.4, 0.5) is 5.69 Å². The van der Waals surface area contributed by atoms with Crippen molar-refractivity contribution in [2.75, 3.05) is 6.54 Å². The van der Waals surface area contributed by atoms with E-state index in [1.54, 1.807) is 0 Å². The predicted octanol–water partition coefficient (Wildman–Crippen LogP) is 4.97. The first-order valence-corrected chi connectivity index (χ1v) is 10.2. The van der Waals surface area contributed by atoms with Crippen LogP contribution in [0.1, 0.15) is 53.9 Å². The largest absolute Gasteiger partial charge is 0.296 e. The van der Waals surface area contributed by atoms with Gasteiger partial charge in [-0.2, -0.15) is 5.26 Å². The average molecular weight is 355 g/mol. The first-order valence-electron chi connectivity index (χ1n) is 10.2. The number of aliphatic imine (C=N–C) groups is 1. The summed E-state index contributed by atoms with van der Waals surface area (Å²) in [6, 6.07) is 17.9. The van der Waals surface area contributed by atoms with Crippen molar-refractivity contribution >= 4 is 11.9 Å². The number of fused-ring (bicyclic) bond motifs is 2. The van der Waals surface area contributed by atoms with Gasteiger partial charge >= 0.3 is 0 Å². The van der Waals surface area contributed by atoms with Gasteiger partial charge in [0.1, 0.15) is 0 Å². The molecule has 0 spiro atoms. The second kappa shape index (κ2) is 6.94. The third-order valence-corrected chi connectivity index (χ3v) is 6.82. The van der Waals surface area contributed by atoms with E-state index in [0.29, 0.717) is 11.8 Å². The SMILES string of the molecule is N#Cc1ccc2c(c1)C(C1CCC(N3CCc4ccccc4C3)CC1)C=N2. The molecule has 1 unspecified atom stereocenters. The van der Waals surface area contributed by atoms with Gasteiger partial charge < -0.3 is 0 Å². The van der Waals surface area contributed by atoms with Crippen LogP contribution >= 0.6 is 0 Å². The molecule has 0 bridgehead atoms. The highest BCUT2D eigenvalue weighted by Crippen LogP contribution is 2.43. The average Bonchev–Trinajstić information content (AvgIpc) is 3.16. The fourth-order valence-electron chi connectivity index (χ4n) is 5.28. The lowest BCUT2D eigenvalue weighted by molar-refractivity contribution is 0.121. The summed E-state index contributed by atoms with van der Waals surface area (Å²) in [6.45, 7) is 2.32. The van der Waals surface area contributed by atoms with Gasteiger partial charge in [0.05, 0.1) is 17.3 Å². The summed E-state index contributed by atoms with van der Waals surface area (Å²) >= 11 is 0. The lowest BCUT2D eigenvalue weighted by Gasteiger charge is -2.40. The smallest absolute Gasteiger partial charge is 0.0991 e. The zero-order chi connectivity index (χ0) is 18.2. The Morgan fingerprint density at radius 3 is 2.63 bits per heavy atom. The molecule has 0 saturated heterocycles. The normalized spacial score (nSPS) is 27.0. The number of hydrogen-bond donors (Lipinski definition) is 0. The second-order valence-electron chi connectivity index (χ2n) is 8.25. The Bertz CT molecular complexity index is 915. The van der Waals surface area contributed by atoms with Crippen molar-refractivity contribution in [2.24, 2.45) is 10.9 Å². The molecule has 0 radical (unpaired) electrons. The Hall–Kier alpha value is -2.44. The number of rotatable bonds is 2. The molecule has 0 N–H and O–H groups in total. The predicted molar refractivity (Wildman–Crippen MR) is 108 cm³/mol. The molecule has 2 aromatic carbocycles. The van der Waals surface area contributed by atoms with Crippen molar-refractivity contribution in [3.05, 3.63) is 64.7 Å². The fourth-order valence-corrected chi connectivity index (χ4v) is 5.28. The number of hydrogen-bond acceptors (Lipinski definition) is 3. The Kier molecular flexibility index (Phi) is 4.30. The van der Waals surface area contributed by atoms with E-state index in [1.807, 2.05) is 12.1 Å². The minimum Gasteiger partial charge on any atom is -0.296 e. The zero-order valence-corrected chi connectivity index (χ0v) is 15.6. The second-order valence-corrected chi connectivity index (χ2v) is 8.25. The Morgan fingerprint density at radius 1 is 1.00 bits per heavy atom. The van der Waals surface area contributed by atoms with Crippen LogP contribution in [0.5, 0.6) is 0 Å². The van der Waals surface area contributed by atoms with Crippen molar-refractivity contribution < 1.29 is 0 Å². The maximum absolute atomic E-state index is 9.22. The Balaban J connectivity index is 1.25. The molecule has 27 heavy (non-hydrogen) atoms. The summed E-state index contributed by atoms with van der Waals surface area (Å²) in [7, 11) is 0. The van der Waals surface area contributed by atoms with Gasteiger partial charge in [0.25, 0.3) is 0 Å². The highest BCUT2D eigenvalue weighted by atomic mass is 15.2. The van der Waals surface area contributed by atoms with Crippen LogP contribution in [-0.2, 0) is 13.0 Å². The van der Waals surface area contributed by atoms with E-state index < -0.39 is 0 Å². The van der Waals surface area contributed by atoms with Crippen molar-refractivity contribution in [1.29, 1.82) is 5.26 Å². The summed E-state index contributed by atoms with van der Waals surface area (Å²) < 4.78 is 0. The van der Waals surface area contributed by atoms with Crippen LogP contribution in [0.2, 0.25) is 0 Å². The first-order chi connectivity index (χ1) is 13.3. The standard InChI is InChI=1S/C24H25N3/c25-14-17-5-10-24-22(13-17)23(15-26-24)19-6-8-21(9-7-19)27-12-11-18-3-1-2-4-20(18)16-27/h1-5,10,13,15,19,21,23H,6-9,11-12,16H2. The fraction of sp³-hybridized carbons (Fsp3) is 0.417. The minimum atomic E-state index is 0.399. The monoisotopic (exact) mass is 355 g/mol. The van der Waals surface area contributed by atoms with Crippen LogP contribution < -0.4 is 0 Å². The van der Waals surface area contributed by atoms with Crippen LogP contribution in [-0.4, -0.2) is 23.7 Å². The third-order valence-electron chi connectivity index (χ3n) is 6.82. The van der Waals surface area contributed by atoms with E-state index in [1.165, 1.54) is 55.3 Å². The summed E-state index contributed by atoms with van der Waals surface area (Å²) in [5.41, 5.74) is 6.14. The van der Waals surface area contributed by atoms with Gasteiger partial charge in [-0.05, 0) is 72.9 Å². The van der Waals surface area contributed by atoms with Crippen LogP contribution in [0.3, 0.4) is 0 Å². The van der Waals surface area contributed by atoms with Crippen LogP contribution in [0.15, 0.2) is 47.5 Å². The molecule has 1 saturated carbocycles. The van der Waals surface area contributed by atoms with E-state index >= 15 is 0 Å². The molecule has 2 aliphatic heterocycles. The first kappa shape index (κ1) is 16.7. The summed E-state index contributed by atoms with van der Waals surface area (Å²) in [5.74, 6) is 1.06. The molecule has 5 rings (SSSR count). The molecule has 2 aromatic rings. The van der Waals surface area contributed by atoms with E-state index in [0.717, 1.165) is 23.8 Å². The highest BCUT2D eigenvalue weighted by Gasteiger charge is 2.33. The van der Waals surface area contributed by atoms with Gasteiger partial charge in [-0.1, -0.05) is 24.3 Å². The Labute approximate surface area is 161 Å². The van der Waals surface area contributed by atoms with Crippen molar-refractivity contribution in [1.82, 2.24) is 4.90 Å². The van der Waals surface area contributed by atoms with Gasteiger partial charge in [-0.3, -0.25) is 9.89 Å². The summed E-state index contributed by atoms with van der Waals surface area (Å²) in [6.07, 6.45) is 8.41. The molecule has 3 aliphatic rings. The molecule has 136 valence electrons. The van der Waals surface area contributed by atoms with Crippen LogP contribution in [0, 0.1) is 17.2 Å². The molecule has 3 nitrogen and oxygen atoms in total. The van der Waals surface area contributed by atoms with Gasteiger partial charge in [0.2, 0.25) is 0 Å². The topological polar surface area (TPSA) is 39.4 Å². The maximum atomic E-state index is 9.22. The molecule has 1 fully saturated rings. The lowest BCUT2D eigenvalue weighted by atomic mass is 9.75. The Morgan fingerprint density at radius 2 is 1.81 bits per heavy atom. The van der Waals surface area contributed by atoms with Gasteiger partial charge in [0.15, 0.2) is 0 Å². The third kappa shape index (κ3) is 3.09. The molecule has 0 aromatic heterocycles. The lowest BCUT2D eigenvalue weighted by Crippen LogP contribution is -2.41. The molecule has 2 heterocycles. The number of nitriles is 1. The van der Waals surface area contributed by atoms with Crippen LogP contribution in [0.25, 0.3) is 0 Å². The van der Waals surface area contributed by atoms with E-state index in [4.69, 9.17) is 0 Å². The molecular weight excluding hydrogens is 330 g/mol. The molecule has 1 atom stereocenters. The molecule has 3 heteroatoms. The zero-order valence-electron chi connectivity index (χ0n) is 15.6. The van der Waals surface area contributed by atoms with Crippen molar-refractivity contribution in [2.45, 2.75) is 50.6 Å². The van der Waals surface area contributed by atoms with Gasteiger partial charge in [-0.15, -0.1) is 0 Å². The van der Waals surface area contributed by atoms with Gasteiger partial charge in [0, 0.05) is 31.3 Å². The minimum absolute atomic E-state index is 0.399. The summed E-state index contributed by atoms with van der Waals surface area (Å²) in [5, 5.41) is 9.22. The van der Waals surface area contributed by atoms with E-state index in [9.17, 15) is 5.26 Å². The maximum Gasteiger partial charge on any atom is 0.0991 e. The van der Waals surface area contributed by atoms with Crippen molar-refractivity contribution in [3.63, 3.8) is 0 Å². The van der Waals surface area contributed by atoms with E-state index in [-0.39, 0.29) is 0 Å². The number of nitrogens with zero attached hydrogens (tertiary/aromatic N) is 3. The van der Waals surface area contributed by atoms with Crippen molar-refractivity contribution in [3.8, 4) is 6.07 Å². The molecule has 0 amide bonds. The van der Waals surface area contributed by atoms with Gasteiger partial charge in [-0.25, -0.2) is 0 Å². The molecular formula is C24H25N3.